The van der Waals surface area contributed by atoms with Gasteiger partial charge in [-0.3, -0.25) is 4.79 Å². The SMILES string of the molecule is Cc1noc(C)c1C(=O)O[C@@H](C(=O)N(C)C)c1ccccc1. The molecule has 116 valence electrons. The van der Waals surface area contributed by atoms with E-state index in [4.69, 9.17) is 9.26 Å². The first-order valence-electron chi connectivity index (χ1n) is 6.81. The molecule has 0 fully saturated rings. The van der Waals surface area contributed by atoms with Crippen LogP contribution in [0.15, 0.2) is 34.9 Å². The molecule has 1 aromatic heterocycles. The molecule has 0 aliphatic carbocycles. The average Bonchev–Trinajstić information content (AvgIpc) is 2.83. The van der Waals surface area contributed by atoms with E-state index in [1.165, 1.54) is 4.90 Å². The largest absolute Gasteiger partial charge is 0.444 e. The van der Waals surface area contributed by atoms with Crippen LogP contribution in [0.1, 0.15) is 33.5 Å². The van der Waals surface area contributed by atoms with E-state index < -0.39 is 12.1 Å². The van der Waals surface area contributed by atoms with E-state index in [0.29, 0.717) is 17.0 Å². The van der Waals surface area contributed by atoms with Gasteiger partial charge in [-0.05, 0) is 13.8 Å². The third-order valence-electron chi connectivity index (χ3n) is 3.23. The second-order valence-corrected chi connectivity index (χ2v) is 5.13. The third-order valence-corrected chi connectivity index (χ3v) is 3.23. The molecule has 0 unspecified atom stereocenters. The summed E-state index contributed by atoms with van der Waals surface area (Å²) in [6.45, 7) is 3.28. The van der Waals surface area contributed by atoms with E-state index in [0.717, 1.165) is 0 Å². The van der Waals surface area contributed by atoms with E-state index in [2.05, 4.69) is 5.16 Å². The lowest BCUT2D eigenvalue weighted by Gasteiger charge is -2.21. The van der Waals surface area contributed by atoms with Crippen LogP contribution in [0, 0.1) is 13.8 Å². The zero-order chi connectivity index (χ0) is 16.3. The number of likely N-dealkylation sites (N-methyl/N-ethyl adjacent to an activating group) is 1. The predicted molar refractivity (Wildman–Crippen MR) is 79.3 cm³/mol. The van der Waals surface area contributed by atoms with Gasteiger partial charge >= 0.3 is 5.97 Å². The molecule has 0 spiro atoms. The van der Waals surface area contributed by atoms with Crippen molar-refractivity contribution in [3.8, 4) is 0 Å². The van der Waals surface area contributed by atoms with Gasteiger partial charge in [-0.1, -0.05) is 35.5 Å². The zero-order valence-electron chi connectivity index (χ0n) is 13.0. The lowest BCUT2D eigenvalue weighted by molar-refractivity contribution is -0.138. The molecule has 0 aliphatic rings. The molecule has 22 heavy (non-hydrogen) atoms. The number of amides is 1. The summed E-state index contributed by atoms with van der Waals surface area (Å²) in [4.78, 5) is 26.1. The summed E-state index contributed by atoms with van der Waals surface area (Å²) < 4.78 is 10.4. The molecule has 1 amide bonds. The first-order chi connectivity index (χ1) is 10.4. The smallest absolute Gasteiger partial charge is 0.344 e. The Morgan fingerprint density at radius 3 is 2.32 bits per heavy atom. The Morgan fingerprint density at radius 1 is 1.18 bits per heavy atom. The topological polar surface area (TPSA) is 72.6 Å². The molecule has 1 atom stereocenters. The van der Waals surface area contributed by atoms with Gasteiger partial charge in [-0.2, -0.15) is 0 Å². The molecule has 1 aromatic carbocycles. The van der Waals surface area contributed by atoms with Crippen molar-refractivity contribution in [3.05, 3.63) is 52.9 Å². The molecule has 0 radical (unpaired) electrons. The van der Waals surface area contributed by atoms with Crippen molar-refractivity contribution in [3.63, 3.8) is 0 Å². The van der Waals surface area contributed by atoms with Gasteiger partial charge in [-0.25, -0.2) is 4.79 Å². The highest BCUT2D eigenvalue weighted by molar-refractivity contribution is 5.94. The molecule has 1 heterocycles. The molecular formula is C16H18N2O4. The fraction of sp³-hybridized carbons (Fsp3) is 0.312. The number of hydrogen-bond acceptors (Lipinski definition) is 5. The van der Waals surface area contributed by atoms with Crippen molar-refractivity contribution in [1.29, 1.82) is 0 Å². The van der Waals surface area contributed by atoms with Crippen molar-refractivity contribution in [2.45, 2.75) is 20.0 Å². The van der Waals surface area contributed by atoms with Crippen LogP contribution in [-0.2, 0) is 9.53 Å². The van der Waals surface area contributed by atoms with Gasteiger partial charge in [0.15, 0.2) is 0 Å². The van der Waals surface area contributed by atoms with E-state index in [1.54, 1.807) is 52.2 Å². The quantitative estimate of drug-likeness (QED) is 0.810. The molecule has 6 nitrogen and oxygen atoms in total. The minimum atomic E-state index is -1.00. The normalized spacial score (nSPS) is 11.8. The fourth-order valence-electron chi connectivity index (χ4n) is 2.06. The average molecular weight is 302 g/mol. The predicted octanol–water partition coefficient (Wildman–Crippen LogP) is 2.28. The van der Waals surface area contributed by atoms with Gasteiger partial charge in [0.2, 0.25) is 6.10 Å². The maximum absolute atomic E-state index is 12.4. The molecule has 2 rings (SSSR count). The van der Waals surface area contributed by atoms with Crippen molar-refractivity contribution in [2.75, 3.05) is 14.1 Å². The number of aryl methyl sites for hydroxylation is 2. The maximum Gasteiger partial charge on any atom is 0.344 e. The van der Waals surface area contributed by atoms with Crippen molar-refractivity contribution in [1.82, 2.24) is 10.1 Å². The number of benzene rings is 1. The molecule has 0 saturated heterocycles. The minimum Gasteiger partial charge on any atom is -0.444 e. The molecule has 2 aromatic rings. The molecule has 0 bridgehead atoms. The number of nitrogens with zero attached hydrogens (tertiary/aromatic N) is 2. The Hall–Kier alpha value is -2.63. The highest BCUT2D eigenvalue weighted by Gasteiger charge is 2.29. The third kappa shape index (κ3) is 3.16. The van der Waals surface area contributed by atoms with Crippen LogP contribution in [0.25, 0.3) is 0 Å². The lowest BCUT2D eigenvalue weighted by atomic mass is 10.1. The van der Waals surface area contributed by atoms with Gasteiger partial charge in [-0.15, -0.1) is 0 Å². The fourth-order valence-corrected chi connectivity index (χ4v) is 2.06. The maximum atomic E-state index is 12.4. The molecular weight excluding hydrogens is 284 g/mol. The summed E-state index contributed by atoms with van der Waals surface area (Å²) in [5.74, 6) is -0.571. The van der Waals surface area contributed by atoms with Gasteiger partial charge in [0.1, 0.15) is 11.3 Å². The zero-order valence-corrected chi connectivity index (χ0v) is 13.0. The van der Waals surface area contributed by atoms with Crippen molar-refractivity contribution in [2.24, 2.45) is 0 Å². The molecule has 0 aliphatic heterocycles. The number of carbonyl (C=O) groups excluding carboxylic acids is 2. The Morgan fingerprint density at radius 2 is 1.82 bits per heavy atom. The Bertz CT molecular complexity index is 657. The van der Waals surface area contributed by atoms with Crippen molar-refractivity contribution >= 4 is 11.9 Å². The van der Waals surface area contributed by atoms with Crippen molar-refractivity contribution < 1.29 is 18.8 Å². The summed E-state index contributed by atoms with van der Waals surface area (Å²) in [6, 6.07) is 8.89. The summed E-state index contributed by atoms with van der Waals surface area (Å²) in [5.41, 5.74) is 1.31. The van der Waals surface area contributed by atoms with Crippen LogP contribution >= 0.6 is 0 Å². The van der Waals surface area contributed by atoms with Gasteiger partial charge in [0.25, 0.3) is 5.91 Å². The molecule has 6 heteroatoms. The van der Waals surface area contributed by atoms with Crippen LogP contribution in [0.5, 0.6) is 0 Å². The highest BCUT2D eigenvalue weighted by atomic mass is 16.6. The van der Waals surface area contributed by atoms with E-state index in [-0.39, 0.29) is 11.5 Å². The first kappa shape index (κ1) is 15.8. The second kappa shape index (κ2) is 6.43. The summed E-state index contributed by atoms with van der Waals surface area (Å²) in [7, 11) is 3.23. The second-order valence-electron chi connectivity index (χ2n) is 5.13. The first-order valence-corrected chi connectivity index (χ1v) is 6.81. The minimum absolute atomic E-state index is 0.257. The Kier molecular flexibility index (Phi) is 4.60. The van der Waals surface area contributed by atoms with Crippen LogP contribution in [-0.4, -0.2) is 36.0 Å². The van der Waals surface area contributed by atoms with Crippen LogP contribution in [0.3, 0.4) is 0 Å². The number of aromatic nitrogens is 1. The number of hydrogen-bond donors (Lipinski definition) is 0. The number of ether oxygens (including phenoxy) is 1. The van der Waals surface area contributed by atoms with Gasteiger partial charge in [0, 0.05) is 19.7 Å². The standard InChI is InChI=1S/C16H18N2O4/c1-10-13(11(2)22-17-10)16(20)21-14(15(19)18(3)4)12-8-6-5-7-9-12/h5-9,14H,1-4H3/t14-/m1/s1. The van der Waals surface area contributed by atoms with Crippen LogP contribution in [0.4, 0.5) is 0 Å². The Balaban J connectivity index is 2.31. The Labute approximate surface area is 128 Å². The number of rotatable bonds is 4. The van der Waals surface area contributed by atoms with E-state index >= 15 is 0 Å². The molecule has 0 saturated carbocycles. The van der Waals surface area contributed by atoms with Gasteiger partial charge < -0.3 is 14.2 Å². The summed E-state index contributed by atoms with van der Waals surface area (Å²) >= 11 is 0. The van der Waals surface area contributed by atoms with E-state index in [9.17, 15) is 9.59 Å². The summed E-state index contributed by atoms with van der Waals surface area (Å²) in [5, 5.41) is 3.73. The number of carbonyl (C=O) groups is 2. The van der Waals surface area contributed by atoms with Crippen LogP contribution < -0.4 is 0 Å². The lowest BCUT2D eigenvalue weighted by Crippen LogP contribution is -2.31. The van der Waals surface area contributed by atoms with Crippen LogP contribution in [0.2, 0.25) is 0 Å². The van der Waals surface area contributed by atoms with E-state index in [1.807, 2.05) is 6.07 Å². The number of esters is 1. The monoisotopic (exact) mass is 302 g/mol. The molecule has 0 N–H and O–H groups in total. The van der Waals surface area contributed by atoms with Gasteiger partial charge in [0.05, 0.1) is 5.69 Å². The highest BCUT2D eigenvalue weighted by Crippen LogP contribution is 2.23. The summed E-state index contributed by atoms with van der Waals surface area (Å²) in [6.07, 6.45) is -1.00.